The summed E-state index contributed by atoms with van der Waals surface area (Å²) in [4.78, 5) is 22.6. The second-order valence-electron chi connectivity index (χ2n) is 7.31. The Morgan fingerprint density at radius 2 is 2.10 bits per heavy atom. The molecule has 2 aromatic heterocycles. The number of alkyl halides is 3. The molecule has 9 heteroatoms. The molecule has 154 valence electrons. The highest BCUT2D eigenvalue weighted by Crippen LogP contribution is 2.33. The van der Waals surface area contributed by atoms with Crippen molar-refractivity contribution in [2.24, 2.45) is 5.92 Å². The largest absolute Gasteiger partial charge is 0.416 e. The maximum atomic E-state index is 13.0. The predicted octanol–water partition coefficient (Wildman–Crippen LogP) is 4.17. The van der Waals surface area contributed by atoms with Crippen LogP contribution in [0.2, 0.25) is 0 Å². The van der Waals surface area contributed by atoms with Gasteiger partial charge in [-0.3, -0.25) is 14.7 Å². The third-order valence-electron chi connectivity index (χ3n) is 5.37. The summed E-state index contributed by atoms with van der Waals surface area (Å²) in [7, 11) is 0. The van der Waals surface area contributed by atoms with Crippen LogP contribution in [0.4, 0.5) is 13.2 Å². The van der Waals surface area contributed by atoms with Gasteiger partial charge in [-0.25, -0.2) is 0 Å². The lowest BCUT2D eigenvalue weighted by Crippen LogP contribution is -2.39. The van der Waals surface area contributed by atoms with E-state index in [0.29, 0.717) is 24.0 Å². The number of piperidine rings is 1. The fourth-order valence-corrected chi connectivity index (χ4v) is 4.26. The van der Waals surface area contributed by atoms with Crippen molar-refractivity contribution in [2.75, 3.05) is 13.1 Å². The molecule has 1 aromatic carbocycles. The van der Waals surface area contributed by atoms with Crippen molar-refractivity contribution in [3.8, 4) is 0 Å². The monoisotopic (exact) mass is 422 g/mol. The van der Waals surface area contributed by atoms with Gasteiger partial charge in [-0.05, 0) is 49.7 Å². The number of hydrogen-bond donors (Lipinski definition) is 2. The van der Waals surface area contributed by atoms with E-state index in [1.807, 2.05) is 0 Å². The molecule has 0 radical (unpaired) electrons. The van der Waals surface area contributed by atoms with Crippen LogP contribution in [-0.2, 0) is 24.1 Å². The molecule has 1 amide bonds. The predicted molar refractivity (Wildman–Crippen MR) is 105 cm³/mol. The lowest BCUT2D eigenvalue weighted by molar-refractivity contribution is -0.137. The Bertz CT molecular complexity index is 975. The van der Waals surface area contributed by atoms with Gasteiger partial charge in [-0.2, -0.15) is 13.2 Å². The SMILES string of the molecule is O=C(NCc1cncs1)C1CCN(Cc2c[nH]c3ccc(C(F)(F)F)cc23)CC1. The molecular formula is C20H21F3N4OS. The Morgan fingerprint density at radius 3 is 2.79 bits per heavy atom. The van der Waals surface area contributed by atoms with Gasteiger partial charge in [0.05, 0.1) is 17.6 Å². The number of hydrogen-bond acceptors (Lipinski definition) is 4. The number of aromatic nitrogens is 2. The lowest BCUT2D eigenvalue weighted by atomic mass is 9.95. The highest BCUT2D eigenvalue weighted by molar-refractivity contribution is 7.09. The van der Waals surface area contributed by atoms with Gasteiger partial charge in [0.25, 0.3) is 0 Å². The average Bonchev–Trinajstić information content (AvgIpc) is 3.36. The first-order valence-electron chi connectivity index (χ1n) is 9.45. The lowest BCUT2D eigenvalue weighted by Gasteiger charge is -2.31. The standard InChI is InChI=1S/C20H21F3N4OS/c21-20(22,23)15-1-2-18-17(7-15)14(8-25-18)11-27-5-3-13(4-6-27)19(28)26-10-16-9-24-12-29-16/h1-2,7-9,12-13,25H,3-6,10-11H2,(H,26,28). The molecule has 1 aliphatic rings. The maximum Gasteiger partial charge on any atom is 0.416 e. The average molecular weight is 422 g/mol. The van der Waals surface area contributed by atoms with E-state index in [-0.39, 0.29) is 11.8 Å². The number of benzene rings is 1. The Kier molecular flexibility index (Phi) is 5.60. The first-order chi connectivity index (χ1) is 13.9. The van der Waals surface area contributed by atoms with Gasteiger partial charge >= 0.3 is 6.18 Å². The van der Waals surface area contributed by atoms with Crippen LogP contribution in [0.25, 0.3) is 10.9 Å². The molecule has 3 heterocycles. The van der Waals surface area contributed by atoms with Crippen LogP contribution < -0.4 is 5.32 Å². The zero-order valence-corrected chi connectivity index (χ0v) is 16.4. The van der Waals surface area contributed by atoms with Gasteiger partial charge in [0.2, 0.25) is 5.91 Å². The quantitative estimate of drug-likeness (QED) is 0.649. The third-order valence-corrected chi connectivity index (χ3v) is 6.15. The normalized spacial score (nSPS) is 16.4. The Morgan fingerprint density at radius 1 is 1.31 bits per heavy atom. The number of thiazole rings is 1. The molecule has 1 fully saturated rings. The van der Waals surface area contributed by atoms with Crippen molar-refractivity contribution >= 4 is 28.1 Å². The van der Waals surface area contributed by atoms with Crippen molar-refractivity contribution in [1.82, 2.24) is 20.2 Å². The molecule has 0 saturated carbocycles. The molecular weight excluding hydrogens is 401 g/mol. The number of nitrogens with one attached hydrogen (secondary N) is 2. The van der Waals surface area contributed by atoms with E-state index in [1.54, 1.807) is 17.9 Å². The molecule has 0 aliphatic carbocycles. The fraction of sp³-hybridized carbons (Fsp3) is 0.400. The second kappa shape index (κ2) is 8.16. The van der Waals surface area contributed by atoms with E-state index < -0.39 is 11.7 Å². The van der Waals surface area contributed by atoms with Crippen LogP contribution in [0.15, 0.2) is 36.1 Å². The number of amides is 1. The van der Waals surface area contributed by atoms with Crippen molar-refractivity contribution in [3.05, 3.63) is 52.1 Å². The zero-order valence-electron chi connectivity index (χ0n) is 15.6. The van der Waals surface area contributed by atoms with Gasteiger partial charge < -0.3 is 10.3 Å². The summed E-state index contributed by atoms with van der Waals surface area (Å²) < 4.78 is 39.1. The summed E-state index contributed by atoms with van der Waals surface area (Å²) >= 11 is 1.51. The Labute approximate surface area is 169 Å². The number of likely N-dealkylation sites (tertiary alicyclic amines) is 1. The van der Waals surface area contributed by atoms with Crippen LogP contribution >= 0.6 is 11.3 Å². The number of carbonyl (C=O) groups excluding carboxylic acids is 1. The van der Waals surface area contributed by atoms with Crippen LogP contribution in [0, 0.1) is 5.92 Å². The molecule has 4 rings (SSSR count). The smallest absolute Gasteiger partial charge is 0.361 e. The number of H-pyrrole nitrogens is 1. The maximum absolute atomic E-state index is 13.0. The van der Waals surface area contributed by atoms with E-state index >= 15 is 0 Å². The first kappa shape index (κ1) is 19.9. The molecule has 0 unspecified atom stereocenters. The molecule has 2 N–H and O–H groups in total. The number of carbonyl (C=O) groups is 1. The highest BCUT2D eigenvalue weighted by Gasteiger charge is 2.31. The highest BCUT2D eigenvalue weighted by atomic mass is 32.1. The Hall–Kier alpha value is -2.39. The molecule has 3 aromatic rings. The van der Waals surface area contributed by atoms with Gasteiger partial charge in [-0.15, -0.1) is 11.3 Å². The summed E-state index contributed by atoms with van der Waals surface area (Å²) in [6.07, 6.45) is 0.653. The molecule has 0 bridgehead atoms. The summed E-state index contributed by atoms with van der Waals surface area (Å²) in [6, 6.07) is 3.78. The van der Waals surface area contributed by atoms with E-state index in [4.69, 9.17) is 0 Å². The van der Waals surface area contributed by atoms with Crippen molar-refractivity contribution < 1.29 is 18.0 Å². The van der Waals surface area contributed by atoms with E-state index in [2.05, 4.69) is 20.2 Å². The Balaban J connectivity index is 1.34. The van der Waals surface area contributed by atoms with E-state index in [1.165, 1.54) is 23.5 Å². The van der Waals surface area contributed by atoms with Gasteiger partial charge in [0.1, 0.15) is 0 Å². The van der Waals surface area contributed by atoms with E-state index in [0.717, 1.165) is 42.4 Å². The number of nitrogens with zero attached hydrogens (tertiary/aromatic N) is 2. The molecule has 29 heavy (non-hydrogen) atoms. The first-order valence-corrected chi connectivity index (χ1v) is 10.3. The van der Waals surface area contributed by atoms with Crippen LogP contribution in [0.5, 0.6) is 0 Å². The molecule has 1 saturated heterocycles. The summed E-state index contributed by atoms with van der Waals surface area (Å²) in [5.74, 6) is 0.0268. The van der Waals surface area contributed by atoms with Crippen LogP contribution in [0.3, 0.4) is 0 Å². The summed E-state index contributed by atoms with van der Waals surface area (Å²) in [6.45, 7) is 2.55. The second-order valence-corrected chi connectivity index (χ2v) is 8.28. The number of fused-ring (bicyclic) bond motifs is 1. The third kappa shape index (κ3) is 4.62. The van der Waals surface area contributed by atoms with Crippen LogP contribution in [-0.4, -0.2) is 33.9 Å². The zero-order chi connectivity index (χ0) is 20.4. The topological polar surface area (TPSA) is 61.0 Å². The van der Waals surface area contributed by atoms with Crippen molar-refractivity contribution in [1.29, 1.82) is 0 Å². The van der Waals surface area contributed by atoms with Crippen LogP contribution in [0.1, 0.15) is 28.8 Å². The van der Waals surface area contributed by atoms with Gasteiger partial charge in [0.15, 0.2) is 0 Å². The molecule has 1 aliphatic heterocycles. The summed E-state index contributed by atoms with van der Waals surface area (Å²) in [5.41, 5.74) is 2.65. The molecule has 0 atom stereocenters. The van der Waals surface area contributed by atoms with Crippen molar-refractivity contribution in [3.63, 3.8) is 0 Å². The van der Waals surface area contributed by atoms with Gasteiger partial charge in [-0.1, -0.05) is 0 Å². The number of aromatic amines is 1. The number of halogens is 3. The summed E-state index contributed by atoms with van der Waals surface area (Å²) in [5, 5.41) is 3.56. The molecule has 5 nitrogen and oxygen atoms in total. The van der Waals surface area contributed by atoms with E-state index in [9.17, 15) is 18.0 Å². The van der Waals surface area contributed by atoms with Crippen molar-refractivity contribution in [2.45, 2.75) is 32.1 Å². The number of rotatable bonds is 5. The minimum absolute atomic E-state index is 0.0287. The minimum Gasteiger partial charge on any atom is -0.361 e. The molecule has 0 spiro atoms. The van der Waals surface area contributed by atoms with Gasteiger partial charge in [0, 0.05) is 40.6 Å². The fourth-order valence-electron chi connectivity index (χ4n) is 3.73. The minimum atomic E-state index is -4.35.